The van der Waals surface area contributed by atoms with Gasteiger partial charge >= 0.3 is 6.03 Å². The first-order valence-corrected chi connectivity index (χ1v) is 12.4. The van der Waals surface area contributed by atoms with Crippen molar-refractivity contribution >= 4 is 33.3 Å². The number of piperidine rings is 1. The quantitative estimate of drug-likeness (QED) is 0.669. The molecule has 2 saturated heterocycles. The number of hydrogen-bond acceptors (Lipinski definition) is 7. The number of carbonyl (C=O) groups excluding carboxylic acids is 1. The zero-order valence-corrected chi connectivity index (χ0v) is 18.5. The smallest absolute Gasteiger partial charge is 0.317 e. The molecule has 9 nitrogen and oxygen atoms in total. The molecule has 2 aromatic heterocycles. The van der Waals surface area contributed by atoms with Crippen LogP contribution in [-0.4, -0.2) is 72.9 Å². The van der Waals surface area contributed by atoms with Crippen molar-refractivity contribution in [1.29, 1.82) is 0 Å². The van der Waals surface area contributed by atoms with E-state index in [1.165, 1.54) is 11.3 Å². The van der Waals surface area contributed by atoms with Crippen LogP contribution in [0.2, 0.25) is 0 Å². The minimum absolute atomic E-state index is 0.0538. The van der Waals surface area contributed by atoms with E-state index in [0.29, 0.717) is 61.0 Å². The summed E-state index contributed by atoms with van der Waals surface area (Å²) in [5, 5.41) is 5.90. The molecule has 162 valence electrons. The highest BCUT2D eigenvalue weighted by Crippen LogP contribution is 2.33. The van der Waals surface area contributed by atoms with E-state index in [4.69, 9.17) is 0 Å². The fourth-order valence-corrected chi connectivity index (χ4v) is 6.73. The average molecular weight is 451 g/mol. The summed E-state index contributed by atoms with van der Waals surface area (Å²) < 4.78 is 27.9. The molecule has 2 amide bonds. The fourth-order valence-electron chi connectivity index (χ4n) is 3.70. The Morgan fingerprint density at radius 2 is 2.17 bits per heavy atom. The highest BCUT2D eigenvalue weighted by molar-refractivity contribution is 7.91. The lowest BCUT2D eigenvalue weighted by atomic mass is 10.0. The Labute approximate surface area is 180 Å². The molecule has 11 heteroatoms. The number of thiophene rings is 1. The minimum atomic E-state index is -3.47. The minimum Gasteiger partial charge on any atom is -0.352 e. The molecule has 2 aromatic rings. The molecule has 0 aliphatic carbocycles. The number of urea groups is 1. The number of amides is 2. The van der Waals surface area contributed by atoms with Gasteiger partial charge in [0.1, 0.15) is 4.21 Å². The molecular weight excluding hydrogens is 424 g/mol. The van der Waals surface area contributed by atoms with Gasteiger partial charge in [-0.25, -0.2) is 23.2 Å². The third-order valence-corrected chi connectivity index (χ3v) is 8.75. The fraction of sp³-hybridized carbons (Fsp3) is 0.526. The van der Waals surface area contributed by atoms with Crippen LogP contribution in [0.4, 0.5) is 10.7 Å². The maximum atomic E-state index is 13.0. The second-order valence-electron chi connectivity index (χ2n) is 7.64. The standard InChI is InChI=1S/C19H26N6O3S2/c1-14-3-2-10-25(13-14)30(27,28)17-5-4-16(29-17)15-6-7-20-18(23-15)21-8-11-24-12-9-22-19(24)26/h4-7,14H,2-3,8-13H2,1H3,(H,22,26)(H,20,21,23). The SMILES string of the molecule is CC1CCCN(S(=O)(=O)c2ccc(-c3ccnc(NCCN4CCNC4=O)n3)s2)C1. The summed E-state index contributed by atoms with van der Waals surface area (Å²) in [6.07, 6.45) is 3.62. The molecular formula is C19H26N6O3S2. The second-order valence-corrected chi connectivity index (χ2v) is 10.9. The monoisotopic (exact) mass is 450 g/mol. The molecule has 0 aromatic carbocycles. The highest BCUT2D eigenvalue weighted by atomic mass is 32.2. The average Bonchev–Trinajstić information content (AvgIpc) is 3.38. The Morgan fingerprint density at radius 3 is 2.93 bits per heavy atom. The van der Waals surface area contributed by atoms with Crippen LogP contribution < -0.4 is 10.6 Å². The van der Waals surface area contributed by atoms with E-state index in [1.807, 2.05) is 0 Å². The topological polar surface area (TPSA) is 108 Å². The van der Waals surface area contributed by atoms with Crippen molar-refractivity contribution in [3.63, 3.8) is 0 Å². The molecule has 0 radical (unpaired) electrons. The molecule has 2 aliphatic rings. The van der Waals surface area contributed by atoms with Crippen LogP contribution in [0.25, 0.3) is 10.6 Å². The highest BCUT2D eigenvalue weighted by Gasteiger charge is 2.30. The van der Waals surface area contributed by atoms with Crippen LogP contribution in [0.5, 0.6) is 0 Å². The summed E-state index contributed by atoms with van der Waals surface area (Å²) in [5.41, 5.74) is 0.671. The number of aromatic nitrogens is 2. The third kappa shape index (κ3) is 4.57. The Kier molecular flexibility index (Phi) is 6.21. The molecule has 1 atom stereocenters. The Hall–Kier alpha value is -2.24. The number of nitrogens with zero attached hydrogens (tertiary/aromatic N) is 4. The number of carbonyl (C=O) groups is 1. The van der Waals surface area contributed by atoms with Gasteiger partial charge < -0.3 is 15.5 Å². The third-order valence-electron chi connectivity index (χ3n) is 5.31. The number of nitrogens with one attached hydrogen (secondary N) is 2. The maximum Gasteiger partial charge on any atom is 0.317 e. The lowest BCUT2D eigenvalue weighted by molar-refractivity contribution is 0.219. The molecule has 30 heavy (non-hydrogen) atoms. The Balaban J connectivity index is 1.43. The summed E-state index contributed by atoms with van der Waals surface area (Å²) in [5.74, 6) is 0.838. The van der Waals surface area contributed by atoms with Crippen LogP contribution >= 0.6 is 11.3 Å². The number of sulfonamides is 1. The van der Waals surface area contributed by atoms with Crippen LogP contribution in [0, 0.1) is 5.92 Å². The van der Waals surface area contributed by atoms with Crippen molar-refractivity contribution in [1.82, 2.24) is 24.5 Å². The van der Waals surface area contributed by atoms with Crippen molar-refractivity contribution in [2.24, 2.45) is 5.92 Å². The lowest BCUT2D eigenvalue weighted by Gasteiger charge is -2.29. The van der Waals surface area contributed by atoms with Gasteiger partial charge in [0.05, 0.1) is 10.6 Å². The van der Waals surface area contributed by atoms with E-state index >= 15 is 0 Å². The molecule has 0 saturated carbocycles. The van der Waals surface area contributed by atoms with E-state index in [9.17, 15) is 13.2 Å². The Bertz CT molecular complexity index is 1010. The van der Waals surface area contributed by atoms with Gasteiger partial charge in [-0.05, 0) is 37.0 Å². The van der Waals surface area contributed by atoms with Crippen molar-refractivity contribution in [3.8, 4) is 10.6 Å². The zero-order valence-electron chi connectivity index (χ0n) is 16.9. The van der Waals surface area contributed by atoms with E-state index in [0.717, 1.165) is 17.7 Å². The van der Waals surface area contributed by atoms with Gasteiger partial charge in [0, 0.05) is 45.5 Å². The van der Waals surface area contributed by atoms with Crippen molar-refractivity contribution in [3.05, 3.63) is 24.4 Å². The molecule has 2 fully saturated rings. The molecule has 2 N–H and O–H groups in total. The maximum absolute atomic E-state index is 13.0. The molecule has 4 rings (SSSR count). The van der Waals surface area contributed by atoms with Gasteiger partial charge in [0.15, 0.2) is 0 Å². The largest absolute Gasteiger partial charge is 0.352 e. The lowest BCUT2D eigenvalue weighted by Crippen LogP contribution is -2.38. The number of hydrogen-bond donors (Lipinski definition) is 2. The molecule has 0 bridgehead atoms. The van der Waals surface area contributed by atoms with Crippen LogP contribution in [-0.2, 0) is 10.0 Å². The zero-order chi connectivity index (χ0) is 21.1. The van der Waals surface area contributed by atoms with Crippen molar-refractivity contribution in [2.45, 2.75) is 24.0 Å². The number of anilines is 1. The van der Waals surface area contributed by atoms with E-state index < -0.39 is 10.0 Å². The summed E-state index contributed by atoms with van der Waals surface area (Å²) in [6, 6.07) is 5.17. The second kappa shape index (κ2) is 8.86. The van der Waals surface area contributed by atoms with Gasteiger partial charge in [-0.3, -0.25) is 0 Å². The van der Waals surface area contributed by atoms with E-state index in [-0.39, 0.29) is 6.03 Å². The first kappa shape index (κ1) is 21.0. The summed E-state index contributed by atoms with van der Waals surface area (Å²) >= 11 is 1.23. The molecule has 1 unspecified atom stereocenters. The van der Waals surface area contributed by atoms with Crippen LogP contribution in [0.3, 0.4) is 0 Å². The van der Waals surface area contributed by atoms with Crippen LogP contribution in [0.1, 0.15) is 19.8 Å². The van der Waals surface area contributed by atoms with Crippen LogP contribution in [0.15, 0.2) is 28.6 Å². The Morgan fingerprint density at radius 1 is 1.30 bits per heavy atom. The molecule has 2 aliphatic heterocycles. The number of rotatable bonds is 7. The van der Waals surface area contributed by atoms with Crippen molar-refractivity contribution in [2.75, 3.05) is 44.6 Å². The summed E-state index contributed by atoms with van der Waals surface area (Å²) in [6.45, 7) is 5.72. The normalized spacial score (nSPS) is 20.4. The first-order valence-electron chi connectivity index (χ1n) is 10.1. The van der Waals surface area contributed by atoms with Gasteiger partial charge in [-0.2, -0.15) is 4.31 Å². The molecule has 0 spiro atoms. The van der Waals surface area contributed by atoms with Crippen molar-refractivity contribution < 1.29 is 13.2 Å². The summed E-state index contributed by atoms with van der Waals surface area (Å²) in [7, 11) is -3.47. The van der Waals surface area contributed by atoms with Gasteiger partial charge in [0.2, 0.25) is 5.95 Å². The predicted molar refractivity (Wildman–Crippen MR) is 116 cm³/mol. The summed E-state index contributed by atoms with van der Waals surface area (Å²) in [4.78, 5) is 22.8. The predicted octanol–water partition coefficient (Wildman–Crippen LogP) is 2.06. The van der Waals surface area contributed by atoms with Gasteiger partial charge in [-0.15, -0.1) is 11.3 Å². The van der Waals surface area contributed by atoms with Gasteiger partial charge in [0.25, 0.3) is 10.0 Å². The molecule has 4 heterocycles. The van der Waals surface area contributed by atoms with Gasteiger partial charge in [-0.1, -0.05) is 6.92 Å². The first-order chi connectivity index (χ1) is 14.4. The van der Waals surface area contributed by atoms with E-state index in [2.05, 4.69) is 27.5 Å². The van der Waals surface area contributed by atoms with E-state index in [1.54, 1.807) is 33.6 Å².